The Labute approximate surface area is 169 Å². The van der Waals surface area contributed by atoms with E-state index >= 15 is 0 Å². The van der Waals surface area contributed by atoms with Crippen molar-refractivity contribution in [1.29, 1.82) is 0 Å². The van der Waals surface area contributed by atoms with E-state index in [1.54, 1.807) is 18.2 Å². The van der Waals surface area contributed by atoms with Crippen molar-refractivity contribution < 1.29 is 9.53 Å². The van der Waals surface area contributed by atoms with Gasteiger partial charge in [0.15, 0.2) is 0 Å². The van der Waals surface area contributed by atoms with Crippen LogP contribution in [0.25, 0.3) is 10.9 Å². The summed E-state index contributed by atoms with van der Waals surface area (Å²) in [5.74, 6) is 0.818. The van der Waals surface area contributed by atoms with Gasteiger partial charge in [-0.25, -0.2) is 4.98 Å². The van der Waals surface area contributed by atoms with Crippen LogP contribution in [0, 0.1) is 5.92 Å². The second kappa shape index (κ2) is 10.0. The Bertz CT molecular complexity index is 862. The lowest BCUT2D eigenvalue weighted by Gasteiger charge is -2.30. The summed E-state index contributed by atoms with van der Waals surface area (Å²) in [4.78, 5) is 34.1. The highest BCUT2D eigenvalue weighted by Crippen LogP contribution is 2.19. The smallest absolute Gasteiger partial charge is 0.258 e. The molecule has 1 saturated heterocycles. The number of hydrogen-bond donors (Lipinski definition) is 2. The predicted molar refractivity (Wildman–Crippen MR) is 109 cm³/mol. The van der Waals surface area contributed by atoms with E-state index in [1.807, 2.05) is 6.92 Å². The van der Waals surface area contributed by atoms with Crippen LogP contribution in [0.4, 0.5) is 0 Å². The minimum atomic E-state index is -0.177. The molecule has 1 aliphatic heterocycles. The lowest BCUT2D eigenvalue weighted by atomic mass is 9.96. The monoisotopic (exact) mass is 406 g/mol. The van der Waals surface area contributed by atoms with E-state index in [1.165, 1.54) is 0 Å². The molecular formula is C20H27ClN4O3. The number of fused-ring (bicyclic) bond motifs is 1. The Hall–Kier alpha value is -1.96. The third kappa shape index (κ3) is 5.53. The molecule has 0 aliphatic carbocycles. The van der Waals surface area contributed by atoms with E-state index in [2.05, 4.69) is 20.2 Å². The lowest BCUT2D eigenvalue weighted by molar-refractivity contribution is -0.126. The van der Waals surface area contributed by atoms with Crippen molar-refractivity contribution in [2.45, 2.75) is 32.7 Å². The number of nitrogens with one attached hydrogen (secondary N) is 2. The third-order valence-corrected chi connectivity index (χ3v) is 5.25. The molecule has 1 aliphatic rings. The van der Waals surface area contributed by atoms with Crippen molar-refractivity contribution in [2.75, 3.05) is 32.8 Å². The van der Waals surface area contributed by atoms with E-state index in [0.717, 1.165) is 32.4 Å². The molecule has 3 rings (SSSR count). The summed E-state index contributed by atoms with van der Waals surface area (Å²) in [6.45, 7) is 6.18. The van der Waals surface area contributed by atoms with Crippen LogP contribution in [0.1, 0.15) is 32.0 Å². The number of H-pyrrole nitrogens is 1. The largest absolute Gasteiger partial charge is 0.382 e. The van der Waals surface area contributed by atoms with E-state index in [4.69, 9.17) is 16.3 Å². The van der Waals surface area contributed by atoms with Crippen molar-refractivity contribution in [3.63, 3.8) is 0 Å². The number of halogens is 1. The first kappa shape index (κ1) is 20.8. The fourth-order valence-electron chi connectivity index (χ4n) is 3.47. The number of aromatic amines is 1. The molecule has 2 heterocycles. The molecule has 2 aromatic rings. The van der Waals surface area contributed by atoms with E-state index in [9.17, 15) is 9.59 Å². The first-order valence-electron chi connectivity index (χ1n) is 9.83. The number of ether oxygens (including phenoxy) is 1. The van der Waals surface area contributed by atoms with Gasteiger partial charge in [0.25, 0.3) is 5.56 Å². The average Bonchev–Trinajstić information content (AvgIpc) is 2.69. The van der Waals surface area contributed by atoms with Gasteiger partial charge in [0, 0.05) is 30.7 Å². The lowest BCUT2D eigenvalue weighted by Crippen LogP contribution is -2.41. The van der Waals surface area contributed by atoms with Gasteiger partial charge < -0.3 is 15.0 Å². The van der Waals surface area contributed by atoms with Crippen LogP contribution >= 0.6 is 11.6 Å². The molecule has 1 aromatic heterocycles. The number of benzene rings is 1. The molecule has 1 fully saturated rings. The van der Waals surface area contributed by atoms with Gasteiger partial charge in [-0.3, -0.25) is 14.5 Å². The van der Waals surface area contributed by atoms with Gasteiger partial charge in [-0.05, 0) is 57.5 Å². The predicted octanol–water partition coefficient (Wildman–Crippen LogP) is 2.33. The zero-order chi connectivity index (χ0) is 19.9. The van der Waals surface area contributed by atoms with Crippen molar-refractivity contribution in [3.8, 4) is 0 Å². The summed E-state index contributed by atoms with van der Waals surface area (Å²) >= 11 is 5.95. The highest BCUT2D eigenvalue weighted by Gasteiger charge is 2.25. The second-order valence-corrected chi connectivity index (χ2v) is 7.50. The summed E-state index contributed by atoms with van der Waals surface area (Å²) in [5, 5.41) is 4.02. The van der Waals surface area contributed by atoms with Crippen molar-refractivity contribution in [2.24, 2.45) is 5.92 Å². The number of carbonyl (C=O) groups excluding carboxylic acids is 1. The maximum atomic E-state index is 12.3. The Kier molecular flexibility index (Phi) is 7.42. The van der Waals surface area contributed by atoms with E-state index < -0.39 is 0 Å². The molecular weight excluding hydrogens is 380 g/mol. The van der Waals surface area contributed by atoms with Gasteiger partial charge in [-0.15, -0.1) is 0 Å². The number of rotatable bonds is 8. The van der Waals surface area contributed by atoms with Crippen LogP contribution in [0.5, 0.6) is 0 Å². The Morgan fingerprint density at radius 3 is 2.93 bits per heavy atom. The summed E-state index contributed by atoms with van der Waals surface area (Å²) in [6, 6.07) is 5.13. The zero-order valence-electron chi connectivity index (χ0n) is 16.2. The Balaban J connectivity index is 1.49. The minimum Gasteiger partial charge on any atom is -0.382 e. The number of carbonyl (C=O) groups is 1. The van der Waals surface area contributed by atoms with Crippen LogP contribution in [0.3, 0.4) is 0 Å². The summed E-state index contributed by atoms with van der Waals surface area (Å²) < 4.78 is 5.28. The number of amides is 1. The molecule has 0 radical (unpaired) electrons. The second-order valence-electron chi connectivity index (χ2n) is 7.07. The SMILES string of the molecule is CCOCCCNC(=O)C1CCN(Cc2nc3ccc(Cl)cc3c(=O)[nH]2)CC1. The maximum Gasteiger partial charge on any atom is 0.258 e. The van der Waals surface area contributed by atoms with Gasteiger partial charge in [0.2, 0.25) is 5.91 Å². The standard InChI is InChI=1S/C20H27ClN4O3/c1-2-28-11-3-8-22-19(26)14-6-9-25(10-7-14)13-18-23-17-5-4-15(21)12-16(17)20(27)24-18/h4-5,12,14H,2-3,6-11,13H2,1H3,(H,22,26)(H,23,24,27). The van der Waals surface area contributed by atoms with Gasteiger partial charge in [-0.2, -0.15) is 0 Å². The molecule has 8 heteroatoms. The molecule has 0 bridgehead atoms. The van der Waals surface area contributed by atoms with Crippen molar-refractivity contribution >= 4 is 28.4 Å². The number of nitrogens with zero attached hydrogens (tertiary/aromatic N) is 2. The number of likely N-dealkylation sites (tertiary alicyclic amines) is 1. The number of aromatic nitrogens is 2. The van der Waals surface area contributed by atoms with Crippen LogP contribution in [0.15, 0.2) is 23.0 Å². The first-order valence-corrected chi connectivity index (χ1v) is 10.2. The van der Waals surface area contributed by atoms with Crippen LogP contribution in [-0.4, -0.2) is 53.6 Å². The van der Waals surface area contributed by atoms with Crippen LogP contribution in [0.2, 0.25) is 5.02 Å². The van der Waals surface area contributed by atoms with Gasteiger partial charge >= 0.3 is 0 Å². The molecule has 1 amide bonds. The topological polar surface area (TPSA) is 87.3 Å². The average molecular weight is 407 g/mol. The molecule has 7 nitrogen and oxygen atoms in total. The van der Waals surface area contributed by atoms with E-state index in [0.29, 0.717) is 48.1 Å². The molecule has 2 N–H and O–H groups in total. The van der Waals surface area contributed by atoms with Crippen molar-refractivity contribution in [3.05, 3.63) is 39.4 Å². The Morgan fingerprint density at radius 2 is 2.18 bits per heavy atom. The minimum absolute atomic E-state index is 0.0501. The number of hydrogen-bond acceptors (Lipinski definition) is 5. The summed E-state index contributed by atoms with van der Waals surface area (Å²) in [5.41, 5.74) is 0.466. The zero-order valence-corrected chi connectivity index (χ0v) is 16.9. The maximum absolute atomic E-state index is 12.3. The molecule has 0 saturated carbocycles. The Morgan fingerprint density at radius 1 is 1.39 bits per heavy atom. The number of piperidine rings is 1. The van der Waals surface area contributed by atoms with Gasteiger partial charge in [-0.1, -0.05) is 11.6 Å². The summed E-state index contributed by atoms with van der Waals surface area (Å²) in [6.07, 6.45) is 2.46. The molecule has 1 aromatic carbocycles. The molecule has 0 spiro atoms. The highest BCUT2D eigenvalue weighted by atomic mass is 35.5. The third-order valence-electron chi connectivity index (χ3n) is 5.02. The van der Waals surface area contributed by atoms with Gasteiger partial charge in [0.1, 0.15) is 5.82 Å². The van der Waals surface area contributed by atoms with Crippen LogP contribution < -0.4 is 10.9 Å². The summed E-state index contributed by atoms with van der Waals surface area (Å²) in [7, 11) is 0. The fraction of sp³-hybridized carbons (Fsp3) is 0.550. The van der Waals surface area contributed by atoms with Crippen molar-refractivity contribution in [1.82, 2.24) is 20.2 Å². The molecule has 28 heavy (non-hydrogen) atoms. The highest BCUT2D eigenvalue weighted by molar-refractivity contribution is 6.31. The van der Waals surface area contributed by atoms with E-state index in [-0.39, 0.29) is 17.4 Å². The molecule has 0 atom stereocenters. The first-order chi connectivity index (χ1) is 13.6. The molecule has 0 unspecified atom stereocenters. The molecule has 152 valence electrons. The quantitative estimate of drug-likeness (QED) is 0.657. The normalized spacial score (nSPS) is 15.8. The van der Waals surface area contributed by atoms with Gasteiger partial charge in [0.05, 0.1) is 17.4 Å². The fourth-order valence-corrected chi connectivity index (χ4v) is 3.65. The van der Waals surface area contributed by atoms with Crippen LogP contribution in [-0.2, 0) is 16.1 Å².